The van der Waals surface area contributed by atoms with E-state index in [0.29, 0.717) is 5.92 Å². The Morgan fingerprint density at radius 2 is 2.18 bits per heavy atom. The zero-order valence-corrected chi connectivity index (χ0v) is 7.04. The molecule has 0 aromatic heterocycles. The highest BCUT2D eigenvalue weighted by atomic mass is 16.5. The molecule has 1 aliphatic rings. The number of rotatable bonds is 1. The Morgan fingerprint density at radius 3 is 2.55 bits per heavy atom. The van der Waals surface area contributed by atoms with Crippen molar-refractivity contribution in [2.45, 2.75) is 25.8 Å². The molecule has 0 heterocycles. The van der Waals surface area contributed by atoms with Crippen LogP contribution in [0.15, 0.2) is 0 Å². The molecule has 0 spiro atoms. The molecule has 0 aliphatic heterocycles. The molecule has 0 amide bonds. The average molecular weight is 157 g/mol. The van der Waals surface area contributed by atoms with E-state index < -0.39 is 0 Å². The lowest BCUT2D eigenvalue weighted by Crippen LogP contribution is -2.35. The van der Waals surface area contributed by atoms with Gasteiger partial charge in [-0.1, -0.05) is 6.92 Å². The molecule has 3 heteroatoms. The van der Waals surface area contributed by atoms with Crippen LogP contribution in [-0.2, 0) is 9.53 Å². The van der Waals surface area contributed by atoms with Gasteiger partial charge in [0.25, 0.3) is 0 Å². The molecule has 1 rings (SSSR count). The van der Waals surface area contributed by atoms with Gasteiger partial charge in [0.05, 0.1) is 13.0 Å². The SMILES string of the molecule is COC(=O)[C@@H]1CC[C@@H](C)[C@@H]1N. The first kappa shape index (κ1) is 8.53. The Balaban J connectivity index is 2.54. The lowest BCUT2D eigenvalue weighted by atomic mass is 10.0. The van der Waals surface area contributed by atoms with Crippen molar-refractivity contribution in [3.63, 3.8) is 0 Å². The molecule has 0 aromatic rings. The van der Waals surface area contributed by atoms with Gasteiger partial charge in [-0.05, 0) is 18.8 Å². The molecule has 0 radical (unpaired) electrons. The summed E-state index contributed by atoms with van der Waals surface area (Å²) in [4.78, 5) is 11.1. The molecule has 1 saturated carbocycles. The Hall–Kier alpha value is -0.570. The highest BCUT2D eigenvalue weighted by Gasteiger charge is 2.35. The summed E-state index contributed by atoms with van der Waals surface area (Å²) in [5, 5.41) is 0. The average Bonchev–Trinajstić information content (AvgIpc) is 2.32. The smallest absolute Gasteiger partial charge is 0.310 e. The van der Waals surface area contributed by atoms with Gasteiger partial charge in [-0.25, -0.2) is 0 Å². The second-order valence-corrected chi connectivity index (χ2v) is 3.26. The van der Waals surface area contributed by atoms with Gasteiger partial charge in [-0.3, -0.25) is 4.79 Å². The minimum atomic E-state index is -0.151. The summed E-state index contributed by atoms with van der Waals surface area (Å²) in [7, 11) is 1.41. The Kier molecular flexibility index (Phi) is 2.49. The van der Waals surface area contributed by atoms with Gasteiger partial charge in [0.2, 0.25) is 0 Å². The maximum absolute atomic E-state index is 11.1. The molecule has 3 atom stereocenters. The number of methoxy groups -OCH3 is 1. The Bertz CT molecular complexity index is 158. The van der Waals surface area contributed by atoms with Crippen LogP contribution >= 0.6 is 0 Å². The van der Waals surface area contributed by atoms with Gasteiger partial charge >= 0.3 is 5.97 Å². The molecule has 1 fully saturated rings. The predicted molar refractivity (Wildman–Crippen MR) is 41.9 cm³/mol. The fraction of sp³-hybridized carbons (Fsp3) is 0.875. The number of hydrogen-bond acceptors (Lipinski definition) is 3. The molecule has 0 saturated heterocycles. The third-order valence-electron chi connectivity index (χ3n) is 2.56. The topological polar surface area (TPSA) is 52.3 Å². The van der Waals surface area contributed by atoms with Crippen LogP contribution in [0.1, 0.15) is 19.8 Å². The van der Waals surface area contributed by atoms with Crippen molar-refractivity contribution >= 4 is 5.97 Å². The van der Waals surface area contributed by atoms with Crippen LogP contribution in [-0.4, -0.2) is 19.1 Å². The minimum absolute atomic E-state index is 0.00227. The van der Waals surface area contributed by atoms with E-state index in [4.69, 9.17) is 5.73 Å². The van der Waals surface area contributed by atoms with Gasteiger partial charge in [-0.15, -0.1) is 0 Å². The van der Waals surface area contributed by atoms with Crippen LogP contribution < -0.4 is 5.73 Å². The molecule has 0 aromatic carbocycles. The summed E-state index contributed by atoms with van der Waals surface area (Å²) in [5.41, 5.74) is 5.80. The number of ether oxygens (including phenoxy) is 1. The number of esters is 1. The Labute approximate surface area is 66.9 Å². The first-order chi connectivity index (χ1) is 5.16. The van der Waals surface area contributed by atoms with E-state index in [9.17, 15) is 4.79 Å². The van der Waals surface area contributed by atoms with E-state index in [1.807, 2.05) is 0 Å². The number of nitrogens with two attached hydrogens (primary N) is 1. The van der Waals surface area contributed by atoms with Crippen LogP contribution in [0.25, 0.3) is 0 Å². The quantitative estimate of drug-likeness (QED) is 0.565. The molecule has 11 heavy (non-hydrogen) atoms. The van der Waals surface area contributed by atoms with Crippen LogP contribution in [0.5, 0.6) is 0 Å². The van der Waals surface area contributed by atoms with Crippen molar-refractivity contribution < 1.29 is 9.53 Å². The molecule has 0 bridgehead atoms. The zero-order chi connectivity index (χ0) is 8.43. The summed E-state index contributed by atoms with van der Waals surface area (Å²) in [5.74, 6) is 0.246. The maximum atomic E-state index is 11.1. The number of carbonyl (C=O) groups is 1. The van der Waals surface area contributed by atoms with Crippen molar-refractivity contribution in [1.82, 2.24) is 0 Å². The highest BCUT2D eigenvalue weighted by Crippen LogP contribution is 2.29. The Morgan fingerprint density at radius 1 is 1.55 bits per heavy atom. The summed E-state index contributed by atoms with van der Waals surface area (Å²) in [6.45, 7) is 2.08. The standard InChI is InChI=1S/C8H15NO2/c1-5-3-4-6(7(5)9)8(10)11-2/h5-7H,3-4,9H2,1-2H3/t5-,6-,7+/m1/s1. The third-order valence-corrected chi connectivity index (χ3v) is 2.56. The second-order valence-electron chi connectivity index (χ2n) is 3.26. The van der Waals surface area contributed by atoms with Gasteiger partial charge in [0, 0.05) is 6.04 Å². The van der Waals surface area contributed by atoms with E-state index in [0.717, 1.165) is 12.8 Å². The van der Waals surface area contributed by atoms with Crippen molar-refractivity contribution in [2.75, 3.05) is 7.11 Å². The van der Waals surface area contributed by atoms with Crippen molar-refractivity contribution in [2.24, 2.45) is 17.6 Å². The predicted octanol–water partition coefficient (Wildman–Crippen LogP) is 0.533. The van der Waals surface area contributed by atoms with Crippen molar-refractivity contribution in [1.29, 1.82) is 0 Å². The summed E-state index contributed by atoms with van der Waals surface area (Å²) < 4.78 is 4.63. The van der Waals surface area contributed by atoms with Crippen LogP contribution in [0.3, 0.4) is 0 Å². The molecular weight excluding hydrogens is 142 g/mol. The summed E-state index contributed by atoms with van der Waals surface area (Å²) in [6, 6.07) is 0.00227. The molecule has 0 unspecified atom stereocenters. The van der Waals surface area contributed by atoms with Gasteiger partial charge in [-0.2, -0.15) is 0 Å². The molecule has 2 N–H and O–H groups in total. The largest absolute Gasteiger partial charge is 0.469 e. The van der Waals surface area contributed by atoms with E-state index in [1.165, 1.54) is 7.11 Å². The number of hydrogen-bond donors (Lipinski definition) is 1. The summed E-state index contributed by atoms with van der Waals surface area (Å²) >= 11 is 0. The van der Waals surface area contributed by atoms with Crippen molar-refractivity contribution in [3.8, 4) is 0 Å². The van der Waals surface area contributed by atoms with E-state index in [2.05, 4.69) is 11.7 Å². The first-order valence-electron chi connectivity index (χ1n) is 4.00. The lowest BCUT2D eigenvalue weighted by molar-refractivity contribution is -0.145. The van der Waals surface area contributed by atoms with Gasteiger partial charge in [0.1, 0.15) is 0 Å². The molecule has 64 valence electrons. The monoisotopic (exact) mass is 157 g/mol. The minimum Gasteiger partial charge on any atom is -0.469 e. The third kappa shape index (κ3) is 1.53. The van der Waals surface area contributed by atoms with Crippen LogP contribution in [0.2, 0.25) is 0 Å². The van der Waals surface area contributed by atoms with Crippen LogP contribution in [0, 0.1) is 11.8 Å². The lowest BCUT2D eigenvalue weighted by Gasteiger charge is -2.15. The summed E-state index contributed by atoms with van der Waals surface area (Å²) in [6.07, 6.45) is 1.93. The van der Waals surface area contributed by atoms with E-state index >= 15 is 0 Å². The van der Waals surface area contributed by atoms with Crippen molar-refractivity contribution in [3.05, 3.63) is 0 Å². The molecule has 3 nitrogen and oxygen atoms in total. The fourth-order valence-electron chi connectivity index (χ4n) is 1.65. The molecule has 1 aliphatic carbocycles. The number of carbonyl (C=O) groups excluding carboxylic acids is 1. The fourth-order valence-corrected chi connectivity index (χ4v) is 1.65. The normalized spacial score (nSPS) is 37.2. The first-order valence-corrected chi connectivity index (χ1v) is 4.00. The zero-order valence-electron chi connectivity index (χ0n) is 7.04. The van der Waals surface area contributed by atoms with Gasteiger partial charge < -0.3 is 10.5 Å². The maximum Gasteiger partial charge on any atom is 0.310 e. The van der Waals surface area contributed by atoms with E-state index in [-0.39, 0.29) is 17.9 Å². The van der Waals surface area contributed by atoms with Gasteiger partial charge in [0.15, 0.2) is 0 Å². The van der Waals surface area contributed by atoms with Crippen LogP contribution in [0.4, 0.5) is 0 Å². The second kappa shape index (κ2) is 3.22. The van der Waals surface area contributed by atoms with E-state index in [1.54, 1.807) is 0 Å². The highest BCUT2D eigenvalue weighted by molar-refractivity contribution is 5.73. The molecular formula is C8H15NO2.